The van der Waals surface area contributed by atoms with Gasteiger partial charge in [-0.05, 0) is 24.8 Å². The molecule has 106 valence electrons. The molecule has 0 aromatic heterocycles. The number of thioether (sulfide) groups is 1. The summed E-state index contributed by atoms with van der Waals surface area (Å²) in [4.78, 5) is 13.5. The van der Waals surface area contributed by atoms with Crippen molar-refractivity contribution in [2.45, 2.75) is 20.3 Å². The summed E-state index contributed by atoms with van der Waals surface area (Å²) in [5.41, 5.74) is 1.22. The van der Waals surface area contributed by atoms with Crippen molar-refractivity contribution in [1.29, 1.82) is 0 Å². The fourth-order valence-corrected chi connectivity index (χ4v) is 2.16. The lowest BCUT2D eigenvalue weighted by molar-refractivity contribution is -0.129. The van der Waals surface area contributed by atoms with E-state index in [-0.39, 0.29) is 5.91 Å². The van der Waals surface area contributed by atoms with Gasteiger partial charge in [-0.25, -0.2) is 0 Å². The van der Waals surface area contributed by atoms with E-state index in [2.05, 4.69) is 6.92 Å². The van der Waals surface area contributed by atoms with Crippen LogP contribution in [0, 0.1) is 6.92 Å². The number of benzene rings is 1. The van der Waals surface area contributed by atoms with Gasteiger partial charge in [-0.2, -0.15) is 11.8 Å². The number of aryl methyl sites for hydroxylation is 1. The van der Waals surface area contributed by atoms with Gasteiger partial charge in [0, 0.05) is 19.2 Å². The van der Waals surface area contributed by atoms with Crippen molar-refractivity contribution in [2.24, 2.45) is 0 Å². The third kappa shape index (κ3) is 6.53. The average Bonchev–Trinajstić information content (AvgIpc) is 2.41. The molecule has 0 aliphatic heterocycles. The van der Waals surface area contributed by atoms with Crippen LogP contribution in [0.3, 0.4) is 0 Å². The molecule has 0 spiro atoms. The predicted octanol–water partition coefficient (Wildman–Crippen LogP) is 2.98. The Kier molecular flexibility index (Phi) is 7.41. The van der Waals surface area contributed by atoms with Crippen molar-refractivity contribution in [3.8, 4) is 5.75 Å². The van der Waals surface area contributed by atoms with Crippen LogP contribution < -0.4 is 4.74 Å². The first-order chi connectivity index (χ1) is 9.13. The molecule has 1 aromatic carbocycles. The molecule has 0 radical (unpaired) electrons. The number of hydrogen-bond donors (Lipinski definition) is 0. The molecule has 0 N–H and O–H groups in total. The van der Waals surface area contributed by atoms with E-state index < -0.39 is 0 Å². The minimum absolute atomic E-state index is 0.188. The SMILES string of the molecule is CCSCCC(=O)N(C)CCOc1ccc(C)cc1. The van der Waals surface area contributed by atoms with Crippen LogP contribution in [0.1, 0.15) is 18.9 Å². The maximum atomic E-state index is 11.8. The highest BCUT2D eigenvalue weighted by Crippen LogP contribution is 2.11. The van der Waals surface area contributed by atoms with E-state index in [1.807, 2.05) is 38.2 Å². The second kappa shape index (κ2) is 8.86. The smallest absolute Gasteiger partial charge is 0.223 e. The topological polar surface area (TPSA) is 29.5 Å². The van der Waals surface area contributed by atoms with E-state index in [0.717, 1.165) is 17.3 Å². The molecule has 0 aliphatic rings. The highest BCUT2D eigenvalue weighted by Gasteiger charge is 2.07. The normalized spacial score (nSPS) is 10.3. The maximum absolute atomic E-state index is 11.8. The molecule has 1 rings (SSSR count). The zero-order valence-electron chi connectivity index (χ0n) is 12.0. The Balaban J connectivity index is 2.20. The first kappa shape index (κ1) is 15.9. The van der Waals surface area contributed by atoms with Gasteiger partial charge in [0.05, 0.1) is 6.54 Å². The molecule has 0 unspecified atom stereocenters. The van der Waals surface area contributed by atoms with Gasteiger partial charge in [-0.15, -0.1) is 0 Å². The Morgan fingerprint density at radius 2 is 2.00 bits per heavy atom. The lowest BCUT2D eigenvalue weighted by Crippen LogP contribution is -2.31. The molecule has 0 atom stereocenters. The molecule has 0 aliphatic carbocycles. The van der Waals surface area contributed by atoms with Crippen LogP contribution in [-0.2, 0) is 4.79 Å². The number of amides is 1. The lowest BCUT2D eigenvalue weighted by atomic mass is 10.2. The minimum Gasteiger partial charge on any atom is -0.492 e. The molecule has 4 heteroatoms. The van der Waals surface area contributed by atoms with Crippen molar-refractivity contribution >= 4 is 17.7 Å². The average molecular weight is 281 g/mol. The highest BCUT2D eigenvalue weighted by molar-refractivity contribution is 7.99. The zero-order valence-corrected chi connectivity index (χ0v) is 12.8. The molecule has 3 nitrogen and oxygen atoms in total. The van der Waals surface area contributed by atoms with Gasteiger partial charge < -0.3 is 9.64 Å². The lowest BCUT2D eigenvalue weighted by Gasteiger charge is -2.17. The largest absolute Gasteiger partial charge is 0.492 e. The molecular weight excluding hydrogens is 258 g/mol. The predicted molar refractivity (Wildman–Crippen MR) is 81.9 cm³/mol. The Hall–Kier alpha value is -1.16. The summed E-state index contributed by atoms with van der Waals surface area (Å²) in [7, 11) is 1.83. The van der Waals surface area contributed by atoms with E-state index in [1.165, 1.54) is 5.56 Å². The fourth-order valence-electron chi connectivity index (χ4n) is 1.55. The Morgan fingerprint density at radius 1 is 1.32 bits per heavy atom. The summed E-state index contributed by atoms with van der Waals surface area (Å²) >= 11 is 1.80. The summed E-state index contributed by atoms with van der Waals surface area (Å²) in [6.07, 6.45) is 0.611. The zero-order chi connectivity index (χ0) is 14.1. The summed E-state index contributed by atoms with van der Waals surface area (Å²) in [6.45, 7) is 5.31. The summed E-state index contributed by atoms with van der Waals surface area (Å²) < 4.78 is 5.61. The first-order valence-corrected chi connectivity index (χ1v) is 7.80. The molecule has 0 fully saturated rings. The van der Waals surface area contributed by atoms with E-state index in [0.29, 0.717) is 19.6 Å². The van der Waals surface area contributed by atoms with Crippen molar-refractivity contribution in [3.63, 3.8) is 0 Å². The highest BCUT2D eigenvalue weighted by atomic mass is 32.2. The molecule has 0 saturated heterocycles. The molecule has 0 bridgehead atoms. The molecule has 1 amide bonds. The third-order valence-corrected chi connectivity index (χ3v) is 3.71. The van der Waals surface area contributed by atoms with Gasteiger partial charge >= 0.3 is 0 Å². The molecular formula is C15H23NO2S. The van der Waals surface area contributed by atoms with Crippen LogP contribution >= 0.6 is 11.8 Å². The second-order valence-electron chi connectivity index (χ2n) is 4.42. The van der Waals surface area contributed by atoms with Crippen LogP contribution in [0.25, 0.3) is 0 Å². The van der Waals surface area contributed by atoms with Gasteiger partial charge in [0.2, 0.25) is 5.91 Å². The molecule has 1 aromatic rings. The Labute approximate surface area is 120 Å². The number of nitrogens with zero attached hydrogens (tertiary/aromatic N) is 1. The van der Waals surface area contributed by atoms with Gasteiger partial charge in [0.25, 0.3) is 0 Å². The van der Waals surface area contributed by atoms with Crippen molar-refractivity contribution in [3.05, 3.63) is 29.8 Å². The second-order valence-corrected chi connectivity index (χ2v) is 5.82. The van der Waals surface area contributed by atoms with Gasteiger partial charge in [0.15, 0.2) is 0 Å². The van der Waals surface area contributed by atoms with Crippen LogP contribution in [0.2, 0.25) is 0 Å². The number of rotatable bonds is 8. The van der Waals surface area contributed by atoms with Crippen LogP contribution in [0.15, 0.2) is 24.3 Å². The first-order valence-electron chi connectivity index (χ1n) is 6.64. The summed E-state index contributed by atoms with van der Waals surface area (Å²) in [6, 6.07) is 7.95. The monoisotopic (exact) mass is 281 g/mol. The van der Waals surface area contributed by atoms with E-state index in [9.17, 15) is 4.79 Å². The van der Waals surface area contributed by atoms with Gasteiger partial charge in [-0.3, -0.25) is 4.79 Å². The number of carbonyl (C=O) groups is 1. The van der Waals surface area contributed by atoms with Crippen LogP contribution in [-0.4, -0.2) is 42.5 Å². The maximum Gasteiger partial charge on any atom is 0.223 e. The van der Waals surface area contributed by atoms with Gasteiger partial charge in [-0.1, -0.05) is 24.6 Å². The van der Waals surface area contributed by atoms with Crippen LogP contribution in [0.4, 0.5) is 0 Å². The fraction of sp³-hybridized carbons (Fsp3) is 0.533. The number of likely N-dealkylation sites (N-methyl/N-ethyl adjacent to an activating group) is 1. The quantitative estimate of drug-likeness (QED) is 0.686. The Morgan fingerprint density at radius 3 is 2.63 bits per heavy atom. The standard InChI is InChI=1S/C15H23NO2S/c1-4-19-12-9-15(17)16(3)10-11-18-14-7-5-13(2)6-8-14/h5-8H,4,9-12H2,1-3H3. The van der Waals surface area contributed by atoms with Crippen LogP contribution in [0.5, 0.6) is 5.75 Å². The molecule has 0 saturated carbocycles. The number of hydrogen-bond acceptors (Lipinski definition) is 3. The number of ether oxygens (including phenoxy) is 1. The van der Waals surface area contributed by atoms with Crippen molar-refractivity contribution < 1.29 is 9.53 Å². The molecule has 19 heavy (non-hydrogen) atoms. The molecule has 0 heterocycles. The van der Waals surface area contributed by atoms with E-state index in [4.69, 9.17) is 4.74 Å². The third-order valence-electron chi connectivity index (χ3n) is 2.81. The summed E-state index contributed by atoms with van der Waals surface area (Å²) in [5, 5.41) is 0. The number of carbonyl (C=O) groups excluding carboxylic acids is 1. The Bertz CT molecular complexity index is 378. The van der Waals surface area contributed by atoms with Crippen molar-refractivity contribution in [2.75, 3.05) is 31.7 Å². The van der Waals surface area contributed by atoms with E-state index >= 15 is 0 Å². The minimum atomic E-state index is 0.188. The van der Waals surface area contributed by atoms with Crippen molar-refractivity contribution in [1.82, 2.24) is 4.90 Å². The van der Waals surface area contributed by atoms with E-state index in [1.54, 1.807) is 16.7 Å². The van der Waals surface area contributed by atoms with Gasteiger partial charge in [0.1, 0.15) is 12.4 Å². The summed E-state index contributed by atoms with van der Waals surface area (Å²) in [5.74, 6) is 3.01.